The molecule has 2 saturated heterocycles. The maximum atomic E-state index is 12.4. The van der Waals surface area contributed by atoms with E-state index in [1.165, 1.54) is 0 Å². The number of methoxy groups -OCH3 is 1. The van der Waals surface area contributed by atoms with Gasteiger partial charge in [0.15, 0.2) is 0 Å². The highest BCUT2D eigenvalue weighted by molar-refractivity contribution is 5.85. The van der Waals surface area contributed by atoms with Gasteiger partial charge in [-0.1, -0.05) is 12.1 Å². The third kappa shape index (κ3) is 4.86. The fraction of sp³-hybridized carbons (Fsp3) is 0.556. The van der Waals surface area contributed by atoms with Gasteiger partial charge in [0.2, 0.25) is 11.8 Å². The molecule has 25 heavy (non-hydrogen) atoms. The maximum Gasteiger partial charge on any atom is 0.228 e. The topological polar surface area (TPSA) is 61.9 Å². The summed E-state index contributed by atoms with van der Waals surface area (Å²) < 4.78 is 5.14. The minimum Gasteiger partial charge on any atom is -0.497 e. The molecule has 2 aliphatic rings. The zero-order valence-electron chi connectivity index (χ0n) is 14.6. The molecule has 0 spiro atoms. The van der Waals surface area contributed by atoms with Crippen LogP contribution in [0.3, 0.4) is 0 Å². The molecule has 2 heterocycles. The van der Waals surface area contributed by atoms with Crippen molar-refractivity contribution in [2.24, 2.45) is 5.92 Å². The highest BCUT2D eigenvalue weighted by atomic mass is 35.5. The van der Waals surface area contributed by atoms with E-state index in [-0.39, 0.29) is 30.1 Å². The van der Waals surface area contributed by atoms with Crippen molar-refractivity contribution in [3.8, 4) is 5.75 Å². The lowest BCUT2D eigenvalue weighted by Gasteiger charge is -2.38. The molecule has 1 aromatic rings. The quantitative estimate of drug-likeness (QED) is 0.841. The molecule has 2 fully saturated rings. The van der Waals surface area contributed by atoms with Gasteiger partial charge < -0.3 is 19.9 Å². The molecule has 0 aliphatic carbocycles. The molecule has 1 N–H and O–H groups in total. The van der Waals surface area contributed by atoms with Crippen LogP contribution < -0.4 is 10.1 Å². The first kappa shape index (κ1) is 19.5. The largest absolute Gasteiger partial charge is 0.497 e. The van der Waals surface area contributed by atoms with E-state index in [4.69, 9.17) is 4.74 Å². The molecule has 7 heteroatoms. The second-order valence-corrected chi connectivity index (χ2v) is 6.41. The lowest BCUT2D eigenvalue weighted by atomic mass is 10.0. The monoisotopic (exact) mass is 367 g/mol. The van der Waals surface area contributed by atoms with Crippen LogP contribution in [0.15, 0.2) is 24.3 Å². The Morgan fingerprint density at radius 3 is 2.20 bits per heavy atom. The summed E-state index contributed by atoms with van der Waals surface area (Å²) in [4.78, 5) is 28.3. The van der Waals surface area contributed by atoms with Gasteiger partial charge in [-0.15, -0.1) is 12.4 Å². The highest BCUT2D eigenvalue weighted by Gasteiger charge is 2.31. The van der Waals surface area contributed by atoms with Gasteiger partial charge in [-0.2, -0.15) is 0 Å². The number of amides is 2. The van der Waals surface area contributed by atoms with Gasteiger partial charge >= 0.3 is 0 Å². The van der Waals surface area contributed by atoms with Gasteiger partial charge in [-0.25, -0.2) is 0 Å². The molecule has 6 nitrogen and oxygen atoms in total. The molecular weight excluding hydrogens is 342 g/mol. The highest BCUT2D eigenvalue weighted by Crippen LogP contribution is 2.15. The van der Waals surface area contributed by atoms with Crippen LogP contribution in [0.2, 0.25) is 0 Å². The van der Waals surface area contributed by atoms with E-state index in [1.807, 2.05) is 34.1 Å². The summed E-state index contributed by atoms with van der Waals surface area (Å²) in [7, 11) is 1.64. The molecule has 138 valence electrons. The number of nitrogens with zero attached hydrogens (tertiary/aromatic N) is 2. The van der Waals surface area contributed by atoms with E-state index >= 15 is 0 Å². The molecule has 2 aliphatic heterocycles. The van der Waals surface area contributed by atoms with E-state index < -0.39 is 0 Å². The maximum absolute atomic E-state index is 12.4. The van der Waals surface area contributed by atoms with E-state index in [0.29, 0.717) is 32.6 Å². The Kier molecular flexibility index (Phi) is 7.08. The molecule has 1 aromatic carbocycles. The fourth-order valence-electron chi connectivity index (χ4n) is 3.10. The van der Waals surface area contributed by atoms with Gasteiger partial charge in [-0.05, 0) is 24.1 Å². The number of carbonyl (C=O) groups is 2. The molecule has 0 radical (unpaired) electrons. The Hall–Kier alpha value is -1.79. The number of rotatable bonds is 5. The van der Waals surface area contributed by atoms with Crippen molar-refractivity contribution in [1.82, 2.24) is 15.1 Å². The lowest BCUT2D eigenvalue weighted by Crippen LogP contribution is -2.57. The molecule has 0 bridgehead atoms. The van der Waals surface area contributed by atoms with Crippen molar-refractivity contribution in [1.29, 1.82) is 0 Å². The minimum atomic E-state index is 0. The average Bonchev–Trinajstić information content (AvgIpc) is 2.58. The van der Waals surface area contributed by atoms with E-state index in [0.717, 1.165) is 30.8 Å². The summed E-state index contributed by atoms with van der Waals surface area (Å²) in [5, 5.41) is 3.13. The first-order chi connectivity index (χ1) is 11.7. The van der Waals surface area contributed by atoms with Gasteiger partial charge in [0.05, 0.1) is 13.0 Å². The number of nitrogens with one attached hydrogen (secondary N) is 1. The van der Waals surface area contributed by atoms with Crippen molar-refractivity contribution in [2.75, 3.05) is 46.4 Å². The number of carbonyl (C=O) groups excluding carboxylic acids is 2. The van der Waals surface area contributed by atoms with Crippen molar-refractivity contribution >= 4 is 24.2 Å². The minimum absolute atomic E-state index is 0. The number of hydrogen-bond donors (Lipinski definition) is 1. The summed E-state index contributed by atoms with van der Waals surface area (Å²) in [6, 6.07) is 7.82. The number of halogens is 1. The predicted molar refractivity (Wildman–Crippen MR) is 98.1 cm³/mol. The van der Waals surface area contributed by atoms with Crippen LogP contribution in [0.25, 0.3) is 0 Å². The number of ether oxygens (including phenoxy) is 1. The number of piperazine rings is 1. The second kappa shape index (κ2) is 9.06. The average molecular weight is 368 g/mol. The van der Waals surface area contributed by atoms with Crippen LogP contribution in [0.1, 0.15) is 12.0 Å². The number of benzene rings is 1. The SMILES string of the molecule is COc1ccc(CCC(=O)N2CCN(C(=O)C3CNC3)CC2)cc1.Cl. The van der Waals surface area contributed by atoms with Gasteiger partial charge in [-0.3, -0.25) is 9.59 Å². The van der Waals surface area contributed by atoms with E-state index in [9.17, 15) is 9.59 Å². The Labute approximate surface area is 154 Å². The van der Waals surface area contributed by atoms with Crippen LogP contribution in [-0.4, -0.2) is 68.0 Å². The Balaban J connectivity index is 0.00000225. The van der Waals surface area contributed by atoms with Gasteiger partial charge in [0.25, 0.3) is 0 Å². The van der Waals surface area contributed by atoms with Crippen LogP contribution in [0.4, 0.5) is 0 Å². The number of hydrogen-bond acceptors (Lipinski definition) is 4. The van der Waals surface area contributed by atoms with Crippen molar-refractivity contribution in [3.63, 3.8) is 0 Å². The van der Waals surface area contributed by atoms with Crippen LogP contribution in [-0.2, 0) is 16.0 Å². The van der Waals surface area contributed by atoms with Crippen LogP contribution >= 0.6 is 12.4 Å². The van der Waals surface area contributed by atoms with Crippen LogP contribution in [0, 0.1) is 5.92 Å². The lowest BCUT2D eigenvalue weighted by molar-refractivity contribution is -0.143. The molecule has 2 amide bonds. The van der Waals surface area contributed by atoms with Crippen LogP contribution in [0.5, 0.6) is 5.75 Å². The molecular formula is C18H26ClN3O3. The first-order valence-corrected chi connectivity index (χ1v) is 8.57. The summed E-state index contributed by atoms with van der Waals surface area (Å²) in [5.41, 5.74) is 1.13. The Bertz CT molecular complexity index is 582. The van der Waals surface area contributed by atoms with E-state index in [2.05, 4.69) is 5.32 Å². The first-order valence-electron chi connectivity index (χ1n) is 8.57. The van der Waals surface area contributed by atoms with Gasteiger partial charge in [0, 0.05) is 45.7 Å². The normalized spacial score (nSPS) is 17.5. The van der Waals surface area contributed by atoms with Gasteiger partial charge in [0.1, 0.15) is 5.75 Å². The Morgan fingerprint density at radius 2 is 1.68 bits per heavy atom. The summed E-state index contributed by atoms with van der Waals surface area (Å²) in [6.07, 6.45) is 1.24. The molecule has 0 unspecified atom stereocenters. The van der Waals surface area contributed by atoms with E-state index in [1.54, 1.807) is 7.11 Å². The molecule has 3 rings (SSSR count). The zero-order chi connectivity index (χ0) is 16.9. The third-order valence-corrected chi connectivity index (χ3v) is 4.86. The smallest absolute Gasteiger partial charge is 0.228 e. The summed E-state index contributed by atoms with van der Waals surface area (Å²) in [6.45, 7) is 4.19. The van der Waals surface area contributed by atoms with Crippen molar-refractivity contribution in [2.45, 2.75) is 12.8 Å². The van der Waals surface area contributed by atoms with Crippen molar-refractivity contribution in [3.05, 3.63) is 29.8 Å². The van der Waals surface area contributed by atoms with Crippen molar-refractivity contribution < 1.29 is 14.3 Å². The fourth-order valence-corrected chi connectivity index (χ4v) is 3.10. The summed E-state index contributed by atoms with van der Waals surface area (Å²) >= 11 is 0. The molecule has 0 atom stereocenters. The summed E-state index contributed by atoms with van der Waals surface area (Å²) in [5.74, 6) is 1.37. The second-order valence-electron chi connectivity index (χ2n) is 6.41. The molecule has 0 saturated carbocycles. The Morgan fingerprint density at radius 1 is 1.08 bits per heavy atom. The number of aryl methyl sites for hydroxylation is 1. The zero-order valence-corrected chi connectivity index (χ0v) is 15.4. The molecule has 0 aromatic heterocycles. The predicted octanol–water partition coefficient (Wildman–Crippen LogP) is 0.940. The standard InChI is InChI=1S/C18H25N3O3.ClH/c1-24-16-5-2-14(3-6-16)4-7-17(22)20-8-10-21(11-9-20)18(23)15-12-19-13-15;/h2-3,5-6,15,19H,4,7-13H2,1H3;1H. The third-order valence-electron chi connectivity index (χ3n) is 4.86.